The molecule has 1 amide bonds. The Morgan fingerprint density at radius 2 is 2.32 bits per heavy atom. The van der Waals surface area contributed by atoms with Gasteiger partial charge in [0.25, 0.3) is 0 Å². The Kier molecular flexibility index (Phi) is 5.09. The summed E-state index contributed by atoms with van der Waals surface area (Å²) in [5.74, 6) is 0.0336. The van der Waals surface area contributed by atoms with Crippen LogP contribution in [-0.2, 0) is 16.0 Å². The van der Waals surface area contributed by atoms with Crippen molar-refractivity contribution in [2.75, 3.05) is 20.3 Å². The van der Waals surface area contributed by atoms with Crippen molar-refractivity contribution in [3.05, 3.63) is 18.0 Å². The second-order valence-corrected chi connectivity index (χ2v) is 4.52. The van der Waals surface area contributed by atoms with E-state index in [-0.39, 0.29) is 12.0 Å². The minimum Gasteiger partial charge on any atom is -0.467 e. The molecule has 6 nitrogen and oxygen atoms in total. The van der Waals surface area contributed by atoms with E-state index in [1.54, 1.807) is 12.4 Å². The monoisotopic (exact) mass is 265 g/mol. The second-order valence-electron chi connectivity index (χ2n) is 4.52. The highest BCUT2D eigenvalue weighted by Crippen LogP contribution is 2.10. The molecule has 2 rings (SSSR count). The van der Waals surface area contributed by atoms with Gasteiger partial charge in [0.2, 0.25) is 5.91 Å². The molecule has 0 radical (unpaired) electrons. The Hall–Kier alpha value is -1.69. The number of nitrogens with zero attached hydrogens (tertiary/aromatic N) is 2. The summed E-state index contributed by atoms with van der Waals surface area (Å²) in [5.41, 5.74) is 0.924. The van der Waals surface area contributed by atoms with Crippen LogP contribution in [0, 0.1) is 0 Å². The summed E-state index contributed by atoms with van der Waals surface area (Å²) in [7, 11) is 1.52. The normalized spacial score (nSPS) is 18.3. The van der Waals surface area contributed by atoms with Crippen molar-refractivity contribution in [3.8, 4) is 6.01 Å². The van der Waals surface area contributed by atoms with Gasteiger partial charge in [0.05, 0.1) is 13.2 Å². The summed E-state index contributed by atoms with van der Waals surface area (Å²) >= 11 is 0. The maximum atomic E-state index is 11.7. The van der Waals surface area contributed by atoms with Gasteiger partial charge in [-0.1, -0.05) is 0 Å². The molecular formula is C13H19N3O3. The number of amides is 1. The predicted molar refractivity (Wildman–Crippen MR) is 68.9 cm³/mol. The standard InChI is InChI=1S/C13H19N3O3/c1-18-13-15-7-10(8-16-13)4-5-12(17)14-9-11-3-2-6-19-11/h7-8,11H,2-6,9H2,1H3,(H,14,17). The molecule has 1 aromatic rings. The lowest BCUT2D eigenvalue weighted by Gasteiger charge is -2.10. The first kappa shape index (κ1) is 13.7. The number of carbonyl (C=O) groups is 1. The Balaban J connectivity index is 1.67. The third-order valence-electron chi connectivity index (χ3n) is 3.06. The molecule has 1 aromatic heterocycles. The summed E-state index contributed by atoms with van der Waals surface area (Å²) in [6.45, 7) is 1.42. The van der Waals surface area contributed by atoms with Crippen LogP contribution in [0.3, 0.4) is 0 Å². The lowest BCUT2D eigenvalue weighted by atomic mass is 10.2. The summed E-state index contributed by atoms with van der Waals surface area (Å²) in [5, 5.41) is 2.89. The molecule has 2 heterocycles. The van der Waals surface area contributed by atoms with Crippen LogP contribution in [0.4, 0.5) is 0 Å². The third kappa shape index (κ3) is 4.48. The van der Waals surface area contributed by atoms with Gasteiger partial charge in [0, 0.05) is 32.0 Å². The number of aromatic nitrogens is 2. The van der Waals surface area contributed by atoms with E-state index < -0.39 is 0 Å². The maximum Gasteiger partial charge on any atom is 0.316 e. The van der Waals surface area contributed by atoms with Gasteiger partial charge in [-0.05, 0) is 24.8 Å². The zero-order valence-corrected chi connectivity index (χ0v) is 11.1. The molecule has 1 saturated heterocycles. The van der Waals surface area contributed by atoms with Gasteiger partial charge in [-0.2, -0.15) is 0 Å². The molecule has 0 saturated carbocycles. The van der Waals surface area contributed by atoms with Crippen LogP contribution in [0.25, 0.3) is 0 Å². The Bertz CT molecular complexity index is 402. The van der Waals surface area contributed by atoms with E-state index in [1.807, 2.05) is 0 Å². The fourth-order valence-electron chi connectivity index (χ4n) is 1.96. The van der Waals surface area contributed by atoms with Crippen molar-refractivity contribution in [2.45, 2.75) is 31.8 Å². The van der Waals surface area contributed by atoms with Crippen LogP contribution in [0.1, 0.15) is 24.8 Å². The lowest BCUT2D eigenvalue weighted by molar-refractivity contribution is -0.121. The average Bonchev–Trinajstić information content (AvgIpc) is 2.96. The SMILES string of the molecule is COc1ncc(CCC(=O)NCC2CCCO2)cn1. The highest BCUT2D eigenvalue weighted by atomic mass is 16.5. The summed E-state index contributed by atoms with van der Waals surface area (Å²) in [6.07, 6.45) is 6.73. The van der Waals surface area contributed by atoms with E-state index in [9.17, 15) is 4.79 Å². The number of aryl methyl sites for hydroxylation is 1. The van der Waals surface area contributed by atoms with Crippen molar-refractivity contribution in [3.63, 3.8) is 0 Å². The zero-order chi connectivity index (χ0) is 13.5. The molecular weight excluding hydrogens is 246 g/mol. The van der Waals surface area contributed by atoms with Gasteiger partial charge >= 0.3 is 6.01 Å². The van der Waals surface area contributed by atoms with E-state index in [0.29, 0.717) is 25.4 Å². The van der Waals surface area contributed by atoms with Crippen LogP contribution < -0.4 is 10.1 Å². The number of hydrogen-bond donors (Lipinski definition) is 1. The molecule has 1 fully saturated rings. The predicted octanol–water partition coefficient (Wildman–Crippen LogP) is 0.713. The van der Waals surface area contributed by atoms with Crippen molar-refractivity contribution < 1.29 is 14.3 Å². The summed E-state index contributed by atoms with van der Waals surface area (Å²) in [4.78, 5) is 19.7. The molecule has 104 valence electrons. The summed E-state index contributed by atoms with van der Waals surface area (Å²) < 4.78 is 10.3. The molecule has 1 aliphatic rings. The van der Waals surface area contributed by atoms with Gasteiger partial charge in [-0.25, -0.2) is 9.97 Å². The molecule has 0 aliphatic carbocycles. The Morgan fingerprint density at radius 1 is 1.53 bits per heavy atom. The fourth-order valence-corrected chi connectivity index (χ4v) is 1.96. The van der Waals surface area contributed by atoms with Gasteiger partial charge < -0.3 is 14.8 Å². The number of rotatable bonds is 6. The molecule has 19 heavy (non-hydrogen) atoms. The smallest absolute Gasteiger partial charge is 0.316 e. The topological polar surface area (TPSA) is 73.3 Å². The molecule has 0 aromatic carbocycles. The van der Waals surface area contributed by atoms with Crippen LogP contribution in [0.5, 0.6) is 6.01 Å². The van der Waals surface area contributed by atoms with E-state index in [1.165, 1.54) is 7.11 Å². The largest absolute Gasteiger partial charge is 0.467 e. The minimum atomic E-state index is 0.0336. The molecule has 6 heteroatoms. The number of nitrogens with one attached hydrogen (secondary N) is 1. The van der Waals surface area contributed by atoms with Crippen LogP contribution in [0.2, 0.25) is 0 Å². The fraction of sp³-hybridized carbons (Fsp3) is 0.615. The van der Waals surface area contributed by atoms with Gasteiger partial charge in [0.1, 0.15) is 0 Å². The van der Waals surface area contributed by atoms with E-state index in [0.717, 1.165) is 25.0 Å². The lowest BCUT2D eigenvalue weighted by Crippen LogP contribution is -2.31. The zero-order valence-electron chi connectivity index (χ0n) is 11.1. The minimum absolute atomic E-state index is 0.0336. The highest BCUT2D eigenvalue weighted by Gasteiger charge is 2.15. The second kappa shape index (κ2) is 7.04. The van der Waals surface area contributed by atoms with Crippen molar-refractivity contribution in [1.29, 1.82) is 0 Å². The molecule has 1 unspecified atom stereocenters. The maximum absolute atomic E-state index is 11.7. The first-order chi connectivity index (χ1) is 9.28. The molecule has 0 bridgehead atoms. The quantitative estimate of drug-likeness (QED) is 0.820. The van der Waals surface area contributed by atoms with Gasteiger partial charge in [-0.3, -0.25) is 4.79 Å². The van der Waals surface area contributed by atoms with E-state index in [4.69, 9.17) is 9.47 Å². The van der Waals surface area contributed by atoms with Crippen molar-refractivity contribution in [1.82, 2.24) is 15.3 Å². The average molecular weight is 265 g/mol. The van der Waals surface area contributed by atoms with Gasteiger partial charge in [-0.15, -0.1) is 0 Å². The first-order valence-electron chi connectivity index (χ1n) is 6.51. The third-order valence-corrected chi connectivity index (χ3v) is 3.06. The van der Waals surface area contributed by atoms with Crippen molar-refractivity contribution in [2.24, 2.45) is 0 Å². The molecule has 1 atom stereocenters. The number of hydrogen-bond acceptors (Lipinski definition) is 5. The van der Waals surface area contributed by atoms with E-state index in [2.05, 4.69) is 15.3 Å². The highest BCUT2D eigenvalue weighted by molar-refractivity contribution is 5.76. The van der Waals surface area contributed by atoms with Crippen LogP contribution in [0.15, 0.2) is 12.4 Å². The van der Waals surface area contributed by atoms with Crippen LogP contribution in [-0.4, -0.2) is 42.2 Å². The Labute approximate surface area is 112 Å². The number of ether oxygens (including phenoxy) is 2. The molecule has 1 N–H and O–H groups in total. The number of carbonyl (C=O) groups excluding carboxylic acids is 1. The Morgan fingerprint density at radius 3 is 2.95 bits per heavy atom. The van der Waals surface area contributed by atoms with Crippen molar-refractivity contribution >= 4 is 5.91 Å². The molecule has 1 aliphatic heterocycles. The van der Waals surface area contributed by atoms with Gasteiger partial charge in [0.15, 0.2) is 0 Å². The van der Waals surface area contributed by atoms with E-state index >= 15 is 0 Å². The molecule has 0 spiro atoms. The number of methoxy groups -OCH3 is 1. The first-order valence-corrected chi connectivity index (χ1v) is 6.51. The summed E-state index contributed by atoms with van der Waals surface area (Å²) in [6, 6.07) is 0.339. The van der Waals surface area contributed by atoms with Crippen LogP contribution >= 0.6 is 0 Å².